The Labute approximate surface area is 146 Å². The summed E-state index contributed by atoms with van der Waals surface area (Å²) >= 11 is 2.07. The molecule has 0 spiro atoms. The van der Waals surface area contributed by atoms with Crippen molar-refractivity contribution >= 4 is 39.3 Å². The van der Waals surface area contributed by atoms with E-state index in [0.717, 1.165) is 0 Å². The van der Waals surface area contributed by atoms with E-state index in [-0.39, 0.29) is 17.6 Å². The largest absolute Gasteiger partial charge is 0.496 e. The van der Waals surface area contributed by atoms with Crippen LogP contribution in [-0.4, -0.2) is 12.9 Å². The van der Waals surface area contributed by atoms with Crippen LogP contribution in [0.3, 0.4) is 0 Å². The smallest absolute Gasteiger partial charge is 0.193 e. The maximum atomic E-state index is 12.3. The van der Waals surface area contributed by atoms with Gasteiger partial charge in [0, 0.05) is 11.6 Å². The van der Waals surface area contributed by atoms with Crippen LogP contribution < -0.4 is 10.2 Å². The lowest BCUT2D eigenvalue weighted by molar-refractivity contribution is 0.0987. The molecule has 0 amide bonds. The molecule has 3 rings (SSSR count). The van der Waals surface area contributed by atoms with Crippen LogP contribution in [0.1, 0.15) is 16.1 Å². The summed E-state index contributed by atoms with van der Waals surface area (Å²) in [7, 11) is 1.56. The number of hydrogen-bond acceptors (Lipinski definition) is 4. The summed E-state index contributed by atoms with van der Waals surface area (Å²) in [5.41, 5.74) is 0.881. The van der Waals surface area contributed by atoms with Gasteiger partial charge < -0.3 is 9.15 Å². The fraction of sp³-hybridized carbons (Fsp3) is 0.111. The van der Waals surface area contributed by atoms with E-state index < -0.39 is 0 Å². The highest BCUT2D eigenvalue weighted by atomic mass is 127. The molecule has 1 heterocycles. The van der Waals surface area contributed by atoms with Gasteiger partial charge in [0.2, 0.25) is 0 Å². The van der Waals surface area contributed by atoms with Crippen LogP contribution in [0.25, 0.3) is 11.0 Å². The lowest BCUT2D eigenvalue weighted by Gasteiger charge is -2.07. The molecule has 0 radical (unpaired) electrons. The number of ketones is 1. The van der Waals surface area contributed by atoms with Crippen molar-refractivity contribution in [3.8, 4) is 5.75 Å². The molecule has 0 aliphatic heterocycles. The second-order valence-electron chi connectivity index (χ2n) is 5.00. The Morgan fingerprint density at radius 1 is 1.17 bits per heavy atom. The number of carbonyl (C=O) groups excluding carboxylic acids is 1. The van der Waals surface area contributed by atoms with E-state index in [9.17, 15) is 9.59 Å². The quantitative estimate of drug-likeness (QED) is 0.476. The van der Waals surface area contributed by atoms with Gasteiger partial charge in [0.25, 0.3) is 0 Å². The molecule has 23 heavy (non-hydrogen) atoms. The molecular weight excluding hydrogens is 407 g/mol. The molecule has 0 unspecified atom stereocenters. The summed E-state index contributed by atoms with van der Waals surface area (Å²) < 4.78 is 11.8. The first-order valence-electron chi connectivity index (χ1n) is 6.97. The van der Waals surface area contributed by atoms with Crippen LogP contribution in [0.4, 0.5) is 0 Å². The number of carbonyl (C=O) groups is 1. The Balaban J connectivity index is 2.04. The number of benzene rings is 2. The zero-order valence-electron chi connectivity index (χ0n) is 12.3. The van der Waals surface area contributed by atoms with Gasteiger partial charge in [0.15, 0.2) is 16.8 Å². The van der Waals surface area contributed by atoms with Gasteiger partial charge in [-0.2, -0.15) is 0 Å². The second kappa shape index (κ2) is 6.54. The molecule has 116 valence electrons. The van der Waals surface area contributed by atoms with Crippen molar-refractivity contribution in [2.24, 2.45) is 0 Å². The minimum atomic E-state index is -0.164. The average molecular weight is 420 g/mol. The third-order valence-electron chi connectivity index (χ3n) is 3.50. The highest BCUT2D eigenvalue weighted by Gasteiger charge is 2.14. The van der Waals surface area contributed by atoms with Gasteiger partial charge in [0.05, 0.1) is 22.5 Å². The number of rotatable bonds is 4. The van der Waals surface area contributed by atoms with Crippen LogP contribution in [-0.2, 0) is 6.42 Å². The Morgan fingerprint density at radius 2 is 1.91 bits per heavy atom. The van der Waals surface area contributed by atoms with Crippen LogP contribution >= 0.6 is 22.6 Å². The van der Waals surface area contributed by atoms with Crippen molar-refractivity contribution in [2.45, 2.75) is 6.42 Å². The van der Waals surface area contributed by atoms with Gasteiger partial charge in [-0.25, -0.2) is 0 Å². The van der Waals surface area contributed by atoms with Crippen molar-refractivity contribution in [1.82, 2.24) is 0 Å². The third kappa shape index (κ3) is 3.14. The molecule has 0 fully saturated rings. The summed E-state index contributed by atoms with van der Waals surface area (Å²) in [6, 6.07) is 13.7. The summed E-state index contributed by atoms with van der Waals surface area (Å²) in [6.07, 6.45) is 0.0441. The molecule has 1 aromatic heterocycles. The van der Waals surface area contributed by atoms with E-state index in [0.29, 0.717) is 31.6 Å². The molecule has 2 aromatic carbocycles. The fourth-order valence-electron chi connectivity index (χ4n) is 2.35. The molecule has 0 saturated carbocycles. The second-order valence-corrected chi connectivity index (χ2v) is 6.08. The van der Waals surface area contributed by atoms with Crippen molar-refractivity contribution in [2.75, 3.05) is 7.11 Å². The molecule has 0 saturated heterocycles. The minimum Gasteiger partial charge on any atom is -0.496 e. The van der Waals surface area contributed by atoms with Gasteiger partial charge in [0.1, 0.15) is 11.5 Å². The summed E-state index contributed by atoms with van der Waals surface area (Å²) in [4.78, 5) is 24.5. The molecular formula is C18H13IO4. The molecule has 0 atom stereocenters. The third-order valence-corrected chi connectivity index (χ3v) is 4.52. The lowest BCUT2D eigenvalue weighted by Crippen LogP contribution is -2.08. The van der Waals surface area contributed by atoms with Crippen molar-refractivity contribution in [3.63, 3.8) is 0 Å². The Kier molecular flexibility index (Phi) is 4.47. The summed E-state index contributed by atoms with van der Waals surface area (Å²) in [5, 5.41) is 0.478. The van der Waals surface area contributed by atoms with Crippen molar-refractivity contribution in [1.29, 1.82) is 0 Å². The molecule has 0 N–H and O–H groups in total. The average Bonchev–Trinajstić information content (AvgIpc) is 2.56. The number of fused-ring (bicyclic) bond motifs is 1. The van der Waals surface area contributed by atoms with Crippen LogP contribution in [0.15, 0.2) is 57.7 Å². The van der Waals surface area contributed by atoms with Gasteiger partial charge in [-0.05, 0) is 34.7 Å². The number of Topliss-reactive ketones (excluding diaryl/α,β-unsaturated/α-hetero) is 1. The predicted octanol–water partition coefficient (Wildman–Crippen LogP) is 3.83. The van der Waals surface area contributed by atoms with Gasteiger partial charge in [-0.15, -0.1) is 0 Å². The molecule has 0 bridgehead atoms. The number of methoxy groups -OCH3 is 1. The zero-order valence-corrected chi connectivity index (χ0v) is 14.5. The topological polar surface area (TPSA) is 56.5 Å². The predicted molar refractivity (Wildman–Crippen MR) is 96.2 cm³/mol. The monoisotopic (exact) mass is 420 g/mol. The highest BCUT2D eigenvalue weighted by molar-refractivity contribution is 14.1. The summed E-state index contributed by atoms with van der Waals surface area (Å²) in [6.45, 7) is 0. The van der Waals surface area contributed by atoms with Crippen LogP contribution in [0.5, 0.6) is 5.75 Å². The minimum absolute atomic E-state index is 0.0441. The van der Waals surface area contributed by atoms with Gasteiger partial charge in [-0.3, -0.25) is 9.59 Å². The van der Waals surface area contributed by atoms with Crippen LogP contribution in [0, 0.1) is 3.57 Å². The fourth-order valence-corrected chi connectivity index (χ4v) is 3.15. The Bertz CT molecular complexity index is 929. The lowest BCUT2D eigenvalue weighted by atomic mass is 10.1. The molecule has 3 aromatic rings. The summed E-state index contributed by atoms with van der Waals surface area (Å²) in [5.74, 6) is 0.890. The number of hydrogen-bond donors (Lipinski definition) is 0. The number of ether oxygens (including phenoxy) is 1. The Morgan fingerprint density at radius 3 is 2.61 bits per heavy atom. The van der Waals surface area contributed by atoms with Gasteiger partial charge in [-0.1, -0.05) is 30.3 Å². The van der Waals surface area contributed by atoms with E-state index in [2.05, 4.69) is 22.6 Å². The van der Waals surface area contributed by atoms with E-state index in [1.165, 1.54) is 6.07 Å². The van der Waals surface area contributed by atoms with E-state index in [4.69, 9.17) is 9.15 Å². The van der Waals surface area contributed by atoms with Crippen LogP contribution in [0.2, 0.25) is 0 Å². The first kappa shape index (κ1) is 15.7. The van der Waals surface area contributed by atoms with Crippen molar-refractivity contribution < 1.29 is 13.9 Å². The molecule has 0 aliphatic carbocycles. The highest BCUT2D eigenvalue weighted by Crippen LogP contribution is 2.28. The molecule has 0 aliphatic rings. The Hall–Kier alpha value is -2.15. The van der Waals surface area contributed by atoms with Gasteiger partial charge >= 0.3 is 0 Å². The zero-order chi connectivity index (χ0) is 16.4. The standard InChI is InChI=1S/C18H13IO4/c1-22-16-8-7-13-15(21)10-12(23-18(13)17(16)19)9-14(20)11-5-3-2-4-6-11/h2-8,10H,9H2,1H3. The first-order valence-corrected chi connectivity index (χ1v) is 8.05. The van der Waals surface area contributed by atoms with E-state index >= 15 is 0 Å². The maximum Gasteiger partial charge on any atom is 0.193 e. The normalized spacial score (nSPS) is 10.7. The molecule has 5 heteroatoms. The molecule has 4 nitrogen and oxygen atoms in total. The number of halogens is 1. The van der Waals surface area contributed by atoms with E-state index in [1.54, 1.807) is 43.5 Å². The first-order chi connectivity index (χ1) is 11.1. The maximum absolute atomic E-state index is 12.3. The van der Waals surface area contributed by atoms with Crippen molar-refractivity contribution in [3.05, 3.63) is 73.6 Å². The van der Waals surface area contributed by atoms with E-state index in [1.807, 2.05) is 6.07 Å². The SMILES string of the molecule is COc1ccc2c(=O)cc(CC(=O)c3ccccc3)oc2c1I.